The van der Waals surface area contributed by atoms with Crippen molar-refractivity contribution in [2.45, 2.75) is 19.9 Å². The molecule has 0 aliphatic carbocycles. The largest absolute Gasteiger partial charge is 0.480 e. The average Bonchev–Trinajstić information content (AvgIpc) is 2.65. The first-order valence-corrected chi connectivity index (χ1v) is 8.35. The van der Waals surface area contributed by atoms with Crippen LogP contribution in [0.4, 0.5) is 4.39 Å². The van der Waals surface area contributed by atoms with E-state index in [1.165, 1.54) is 32.0 Å². The number of aromatic nitrogens is 2. The van der Waals surface area contributed by atoms with E-state index in [0.29, 0.717) is 0 Å². The zero-order valence-electron chi connectivity index (χ0n) is 15.3. The maximum Gasteiger partial charge on any atom is 0.326 e. The van der Waals surface area contributed by atoms with Gasteiger partial charge in [0, 0.05) is 26.1 Å². The molecule has 0 bridgehead atoms. The molecule has 148 valence electrons. The fourth-order valence-corrected chi connectivity index (χ4v) is 2.40. The summed E-state index contributed by atoms with van der Waals surface area (Å²) in [5, 5.41) is 15.7. The lowest BCUT2D eigenvalue weighted by atomic mass is 10.2. The second-order valence-electron chi connectivity index (χ2n) is 5.94. The molecule has 1 aromatic heterocycles. The molecule has 0 aliphatic heterocycles. The molecule has 10 heteroatoms. The number of carboxylic acids is 1. The first-order chi connectivity index (χ1) is 13.2. The van der Waals surface area contributed by atoms with Crippen LogP contribution in [0.2, 0.25) is 0 Å². The molecule has 9 nitrogen and oxygen atoms in total. The summed E-state index contributed by atoms with van der Waals surface area (Å²) in [4.78, 5) is 48.3. The van der Waals surface area contributed by atoms with Gasteiger partial charge in [0.15, 0.2) is 0 Å². The maximum atomic E-state index is 13.1. The molecule has 0 fully saturated rings. The van der Waals surface area contributed by atoms with Crippen LogP contribution in [0.25, 0.3) is 5.69 Å². The van der Waals surface area contributed by atoms with Crippen LogP contribution in [0.1, 0.15) is 24.3 Å². The molecule has 2 amide bonds. The number of hydrogen-bond acceptors (Lipinski definition) is 5. The molecule has 0 aliphatic rings. The van der Waals surface area contributed by atoms with Gasteiger partial charge in [0.2, 0.25) is 5.91 Å². The molecule has 28 heavy (non-hydrogen) atoms. The molecule has 1 aromatic carbocycles. The van der Waals surface area contributed by atoms with Crippen LogP contribution >= 0.6 is 0 Å². The van der Waals surface area contributed by atoms with E-state index in [2.05, 4.69) is 10.4 Å². The molecular weight excluding hydrogens is 371 g/mol. The Hall–Kier alpha value is -3.56. The van der Waals surface area contributed by atoms with Gasteiger partial charge in [-0.05, 0) is 37.3 Å². The summed E-state index contributed by atoms with van der Waals surface area (Å²) in [6.45, 7) is 2.61. The van der Waals surface area contributed by atoms with E-state index in [0.717, 1.165) is 27.8 Å². The normalized spacial score (nSPS) is 11.5. The van der Waals surface area contributed by atoms with Crippen LogP contribution in [-0.4, -0.2) is 56.7 Å². The number of hydrogen-bond donors (Lipinski definition) is 2. The predicted octanol–water partition coefficient (Wildman–Crippen LogP) is 0.423. The number of amides is 2. The van der Waals surface area contributed by atoms with E-state index >= 15 is 0 Å². The van der Waals surface area contributed by atoms with Gasteiger partial charge in [-0.3, -0.25) is 14.4 Å². The van der Waals surface area contributed by atoms with Crippen LogP contribution in [0.3, 0.4) is 0 Å². The van der Waals surface area contributed by atoms with Crippen molar-refractivity contribution in [3.8, 4) is 5.69 Å². The van der Waals surface area contributed by atoms with Gasteiger partial charge in [-0.2, -0.15) is 9.78 Å². The molecule has 0 radical (unpaired) electrons. The summed E-state index contributed by atoms with van der Waals surface area (Å²) in [6, 6.07) is 6.05. The SMILES string of the molecule is CC(=O)NCCN(C(=O)c1ccc(=O)n(-c2ccc(F)cc2)n1)C(C)C(=O)O. The Morgan fingerprint density at radius 2 is 1.86 bits per heavy atom. The summed E-state index contributed by atoms with van der Waals surface area (Å²) in [5.41, 5.74) is -0.462. The van der Waals surface area contributed by atoms with Crippen molar-refractivity contribution < 1.29 is 23.9 Å². The number of halogens is 1. The number of rotatable bonds is 7. The summed E-state index contributed by atoms with van der Waals surface area (Å²) < 4.78 is 14.0. The van der Waals surface area contributed by atoms with Crippen LogP contribution in [0, 0.1) is 5.82 Å². The highest BCUT2D eigenvalue weighted by molar-refractivity contribution is 5.94. The van der Waals surface area contributed by atoms with Gasteiger partial charge in [0.05, 0.1) is 5.69 Å². The van der Waals surface area contributed by atoms with Gasteiger partial charge in [-0.15, -0.1) is 0 Å². The predicted molar refractivity (Wildman–Crippen MR) is 96.6 cm³/mol. The van der Waals surface area contributed by atoms with E-state index in [1.807, 2.05) is 0 Å². The first-order valence-electron chi connectivity index (χ1n) is 8.35. The summed E-state index contributed by atoms with van der Waals surface area (Å²) in [6.07, 6.45) is 0. The van der Waals surface area contributed by atoms with Gasteiger partial charge in [0.1, 0.15) is 17.6 Å². The minimum absolute atomic E-state index is 0.0519. The Kier molecular flexibility index (Phi) is 6.59. The Morgan fingerprint density at radius 1 is 1.21 bits per heavy atom. The van der Waals surface area contributed by atoms with Crippen LogP contribution < -0.4 is 10.9 Å². The van der Waals surface area contributed by atoms with Crippen molar-refractivity contribution in [3.05, 3.63) is 58.3 Å². The van der Waals surface area contributed by atoms with Crippen molar-refractivity contribution in [2.75, 3.05) is 13.1 Å². The lowest BCUT2D eigenvalue weighted by Crippen LogP contribution is -2.47. The molecule has 0 saturated carbocycles. The Balaban J connectivity index is 2.36. The van der Waals surface area contributed by atoms with Gasteiger partial charge >= 0.3 is 5.97 Å². The summed E-state index contributed by atoms with van der Waals surface area (Å²) >= 11 is 0. The minimum Gasteiger partial charge on any atom is -0.480 e. The van der Waals surface area contributed by atoms with Crippen molar-refractivity contribution in [1.82, 2.24) is 20.0 Å². The summed E-state index contributed by atoms with van der Waals surface area (Å²) in [5.74, 6) is -2.78. The third-order valence-corrected chi connectivity index (χ3v) is 3.90. The number of carbonyl (C=O) groups excluding carboxylic acids is 2. The number of benzene rings is 1. The second kappa shape index (κ2) is 8.89. The highest BCUT2D eigenvalue weighted by Crippen LogP contribution is 2.09. The van der Waals surface area contributed by atoms with E-state index in [4.69, 9.17) is 0 Å². The average molecular weight is 390 g/mol. The Morgan fingerprint density at radius 3 is 2.43 bits per heavy atom. The second-order valence-corrected chi connectivity index (χ2v) is 5.94. The van der Waals surface area contributed by atoms with Crippen molar-refractivity contribution in [2.24, 2.45) is 0 Å². The van der Waals surface area contributed by atoms with Gasteiger partial charge in [-0.25, -0.2) is 9.18 Å². The molecule has 0 saturated heterocycles. The van der Waals surface area contributed by atoms with Gasteiger partial charge < -0.3 is 15.3 Å². The number of carboxylic acid groups (broad SMARTS) is 1. The molecule has 2 N–H and O–H groups in total. The summed E-state index contributed by atoms with van der Waals surface area (Å²) in [7, 11) is 0. The van der Waals surface area contributed by atoms with E-state index < -0.39 is 29.3 Å². The maximum absolute atomic E-state index is 13.1. The van der Waals surface area contributed by atoms with E-state index in [1.54, 1.807) is 0 Å². The van der Waals surface area contributed by atoms with E-state index in [9.17, 15) is 28.7 Å². The zero-order chi connectivity index (χ0) is 20.8. The molecular formula is C18H19FN4O5. The smallest absolute Gasteiger partial charge is 0.326 e. The van der Waals surface area contributed by atoms with Crippen molar-refractivity contribution >= 4 is 17.8 Å². The van der Waals surface area contributed by atoms with Crippen LogP contribution in [0.5, 0.6) is 0 Å². The van der Waals surface area contributed by atoms with Crippen molar-refractivity contribution in [1.29, 1.82) is 0 Å². The van der Waals surface area contributed by atoms with E-state index in [-0.39, 0.29) is 30.4 Å². The quantitative estimate of drug-likeness (QED) is 0.707. The Labute approximate surface area is 159 Å². The molecule has 1 atom stereocenters. The molecule has 2 rings (SSSR count). The lowest BCUT2D eigenvalue weighted by molar-refractivity contribution is -0.141. The third-order valence-electron chi connectivity index (χ3n) is 3.90. The molecule has 1 unspecified atom stereocenters. The zero-order valence-corrected chi connectivity index (χ0v) is 15.3. The fraction of sp³-hybridized carbons (Fsp3) is 0.278. The molecule has 1 heterocycles. The van der Waals surface area contributed by atoms with Gasteiger partial charge in [-0.1, -0.05) is 0 Å². The number of nitrogens with one attached hydrogen (secondary N) is 1. The van der Waals surface area contributed by atoms with Gasteiger partial charge in [0.25, 0.3) is 11.5 Å². The highest BCUT2D eigenvalue weighted by atomic mass is 19.1. The molecule has 2 aromatic rings. The molecule has 0 spiro atoms. The van der Waals surface area contributed by atoms with Crippen molar-refractivity contribution in [3.63, 3.8) is 0 Å². The Bertz CT molecular complexity index is 942. The monoisotopic (exact) mass is 390 g/mol. The first kappa shape index (κ1) is 20.7. The lowest BCUT2D eigenvalue weighted by Gasteiger charge is -2.26. The topological polar surface area (TPSA) is 122 Å². The number of nitrogens with zero attached hydrogens (tertiary/aromatic N) is 3. The highest BCUT2D eigenvalue weighted by Gasteiger charge is 2.27. The number of carbonyl (C=O) groups is 3. The minimum atomic E-state index is -1.23. The van der Waals surface area contributed by atoms with Crippen LogP contribution in [0.15, 0.2) is 41.2 Å². The van der Waals surface area contributed by atoms with Crippen LogP contribution in [-0.2, 0) is 9.59 Å². The fourth-order valence-electron chi connectivity index (χ4n) is 2.40. The standard InChI is InChI=1S/C18H19FN4O5/c1-11(18(27)28)22(10-9-20-12(2)24)17(26)15-7-8-16(25)23(21-15)14-5-3-13(19)4-6-14/h3-8,11H,9-10H2,1-2H3,(H,20,24)(H,27,28). The number of aliphatic carboxylic acids is 1. The third kappa shape index (κ3) is 5.00.